The van der Waals surface area contributed by atoms with Gasteiger partial charge in [-0.1, -0.05) is 18.6 Å². The Kier molecular flexibility index (Phi) is 7.21. The van der Waals surface area contributed by atoms with Gasteiger partial charge in [-0.15, -0.1) is 0 Å². The van der Waals surface area contributed by atoms with Gasteiger partial charge < -0.3 is 15.1 Å². The smallest absolute Gasteiger partial charge is 0.224 e. The van der Waals surface area contributed by atoms with Gasteiger partial charge in [-0.2, -0.15) is 0 Å². The number of carbonyl (C=O) groups is 2. The third-order valence-corrected chi connectivity index (χ3v) is 5.49. The van der Waals surface area contributed by atoms with Crippen LogP contribution in [0.15, 0.2) is 24.3 Å². The second kappa shape index (κ2) is 9.83. The van der Waals surface area contributed by atoms with Gasteiger partial charge in [-0.05, 0) is 63.0 Å². The maximum atomic E-state index is 12.9. The molecule has 3 rings (SSSR count). The predicted molar refractivity (Wildman–Crippen MR) is 103 cm³/mol. The van der Waals surface area contributed by atoms with E-state index in [1.165, 1.54) is 31.4 Å². The summed E-state index contributed by atoms with van der Waals surface area (Å²) in [4.78, 5) is 28.6. The number of hydrogen-bond acceptors (Lipinski definition) is 3. The maximum absolute atomic E-state index is 12.9. The number of amides is 2. The topological polar surface area (TPSA) is 52.7 Å². The minimum atomic E-state index is -0.251. The fourth-order valence-electron chi connectivity index (χ4n) is 3.95. The first-order valence-corrected chi connectivity index (χ1v) is 10.1. The molecule has 2 heterocycles. The average molecular weight is 375 g/mol. The molecule has 0 spiro atoms. The molecular formula is C21H30FN3O2. The minimum absolute atomic E-state index is 0.0465. The lowest BCUT2D eigenvalue weighted by Crippen LogP contribution is -2.38. The number of rotatable bonds is 8. The molecule has 0 radical (unpaired) electrons. The van der Waals surface area contributed by atoms with E-state index in [1.807, 2.05) is 0 Å². The molecule has 5 nitrogen and oxygen atoms in total. The molecule has 2 amide bonds. The minimum Gasteiger partial charge on any atom is -0.351 e. The highest BCUT2D eigenvalue weighted by atomic mass is 19.1. The largest absolute Gasteiger partial charge is 0.351 e. The Morgan fingerprint density at radius 1 is 1.11 bits per heavy atom. The second-order valence-electron chi connectivity index (χ2n) is 7.69. The molecule has 1 N–H and O–H groups in total. The van der Waals surface area contributed by atoms with Gasteiger partial charge in [0.2, 0.25) is 11.8 Å². The highest BCUT2D eigenvalue weighted by Crippen LogP contribution is 2.14. The van der Waals surface area contributed by atoms with E-state index in [2.05, 4.69) is 10.2 Å². The van der Waals surface area contributed by atoms with Crippen LogP contribution < -0.4 is 5.32 Å². The van der Waals surface area contributed by atoms with Crippen LogP contribution in [-0.4, -0.2) is 60.4 Å². The number of benzene rings is 1. The standard InChI is InChI=1S/C21H30FN3O2/c22-18-8-6-17(7-9-18)10-14-25-16-19(15-21(25)27)23-20(26)5-4-13-24-11-2-1-3-12-24/h6-9,19H,1-5,10-16H2,(H,23,26)/t19-/m1/s1. The summed E-state index contributed by atoms with van der Waals surface area (Å²) in [5.74, 6) is -0.125. The van der Waals surface area contributed by atoms with Crippen molar-refractivity contribution in [2.75, 3.05) is 32.7 Å². The van der Waals surface area contributed by atoms with E-state index >= 15 is 0 Å². The predicted octanol–water partition coefficient (Wildman–Crippen LogP) is 2.35. The molecule has 2 aliphatic rings. The highest BCUT2D eigenvalue weighted by molar-refractivity contribution is 5.82. The fraction of sp³-hybridized carbons (Fsp3) is 0.619. The molecule has 1 atom stereocenters. The Morgan fingerprint density at radius 2 is 1.85 bits per heavy atom. The molecule has 148 valence electrons. The molecular weight excluding hydrogens is 345 g/mol. The molecule has 1 aromatic rings. The van der Waals surface area contributed by atoms with Crippen LogP contribution in [-0.2, 0) is 16.0 Å². The summed E-state index contributed by atoms with van der Waals surface area (Å²) in [7, 11) is 0. The molecule has 0 saturated carbocycles. The number of nitrogens with one attached hydrogen (secondary N) is 1. The lowest BCUT2D eigenvalue weighted by molar-refractivity contribution is -0.127. The Balaban J connectivity index is 1.34. The second-order valence-corrected chi connectivity index (χ2v) is 7.69. The SMILES string of the molecule is O=C(CCCN1CCCCC1)N[C@@H]1CC(=O)N(CCc2ccc(F)cc2)C1. The monoisotopic (exact) mass is 375 g/mol. The van der Waals surface area contributed by atoms with Crippen LogP contribution in [0.3, 0.4) is 0 Å². The molecule has 2 saturated heterocycles. The number of halogens is 1. The molecule has 0 aromatic heterocycles. The van der Waals surface area contributed by atoms with Crippen molar-refractivity contribution in [3.8, 4) is 0 Å². The van der Waals surface area contributed by atoms with E-state index in [4.69, 9.17) is 0 Å². The first kappa shape index (κ1) is 19.8. The van der Waals surface area contributed by atoms with Crippen LogP contribution in [0.4, 0.5) is 4.39 Å². The quantitative estimate of drug-likeness (QED) is 0.759. The summed E-state index contributed by atoms with van der Waals surface area (Å²) in [6.07, 6.45) is 6.33. The van der Waals surface area contributed by atoms with Crippen LogP contribution in [0.1, 0.15) is 44.1 Å². The third kappa shape index (κ3) is 6.31. The van der Waals surface area contributed by atoms with Crippen LogP contribution in [0.2, 0.25) is 0 Å². The number of piperidine rings is 1. The van der Waals surface area contributed by atoms with E-state index < -0.39 is 0 Å². The average Bonchev–Trinajstić information content (AvgIpc) is 3.01. The summed E-state index contributed by atoms with van der Waals surface area (Å²) in [6, 6.07) is 6.28. The first-order valence-electron chi connectivity index (χ1n) is 10.1. The summed E-state index contributed by atoms with van der Waals surface area (Å²) in [5, 5.41) is 3.01. The van der Waals surface area contributed by atoms with Gasteiger partial charge in [0.1, 0.15) is 5.82 Å². The van der Waals surface area contributed by atoms with Crippen molar-refractivity contribution in [2.24, 2.45) is 0 Å². The van der Waals surface area contributed by atoms with Crippen molar-refractivity contribution in [3.05, 3.63) is 35.6 Å². The van der Waals surface area contributed by atoms with Crippen LogP contribution in [0.25, 0.3) is 0 Å². The summed E-state index contributed by atoms with van der Waals surface area (Å²) in [6.45, 7) is 4.47. The van der Waals surface area contributed by atoms with Gasteiger partial charge in [0, 0.05) is 25.9 Å². The lowest BCUT2D eigenvalue weighted by atomic mass is 10.1. The molecule has 27 heavy (non-hydrogen) atoms. The van der Waals surface area contributed by atoms with Crippen LogP contribution in [0, 0.1) is 5.82 Å². The Hall–Kier alpha value is -1.95. The zero-order valence-electron chi connectivity index (χ0n) is 16.0. The van der Waals surface area contributed by atoms with Crippen LogP contribution in [0.5, 0.6) is 0 Å². The maximum Gasteiger partial charge on any atom is 0.224 e. The Bertz CT molecular complexity index is 629. The Labute approximate surface area is 160 Å². The highest BCUT2D eigenvalue weighted by Gasteiger charge is 2.30. The van der Waals surface area contributed by atoms with Crippen molar-refractivity contribution in [2.45, 2.75) is 51.0 Å². The summed E-state index contributed by atoms with van der Waals surface area (Å²) in [5.41, 5.74) is 1.01. The van der Waals surface area contributed by atoms with Gasteiger partial charge in [-0.25, -0.2) is 4.39 Å². The molecule has 2 aliphatic heterocycles. The van der Waals surface area contributed by atoms with Gasteiger partial charge in [-0.3, -0.25) is 9.59 Å². The summed E-state index contributed by atoms with van der Waals surface area (Å²) >= 11 is 0. The van der Waals surface area contributed by atoms with Gasteiger partial charge in [0.15, 0.2) is 0 Å². The zero-order chi connectivity index (χ0) is 19.1. The number of nitrogens with zero attached hydrogens (tertiary/aromatic N) is 2. The number of likely N-dealkylation sites (tertiary alicyclic amines) is 2. The normalized spacial score (nSPS) is 20.9. The van der Waals surface area contributed by atoms with Crippen molar-refractivity contribution < 1.29 is 14.0 Å². The Morgan fingerprint density at radius 3 is 2.59 bits per heavy atom. The van der Waals surface area contributed by atoms with Crippen molar-refractivity contribution in [3.63, 3.8) is 0 Å². The molecule has 2 fully saturated rings. The van der Waals surface area contributed by atoms with Gasteiger partial charge in [0.25, 0.3) is 0 Å². The third-order valence-electron chi connectivity index (χ3n) is 5.49. The van der Waals surface area contributed by atoms with Crippen molar-refractivity contribution >= 4 is 11.8 Å². The van der Waals surface area contributed by atoms with E-state index in [0.29, 0.717) is 32.4 Å². The molecule has 1 aromatic carbocycles. The summed E-state index contributed by atoms with van der Waals surface area (Å²) < 4.78 is 12.9. The fourth-order valence-corrected chi connectivity index (χ4v) is 3.95. The van der Waals surface area contributed by atoms with E-state index in [0.717, 1.165) is 31.6 Å². The first-order chi connectivity index (χ1) is 13.1. The lowest BCUT2D eigenvalue weighted by Gasteiger charge is -2.26. The van der Waals surface area contributed by atoms with Crippen molar-refractivity contribution in [1.29, 1.82) is 0 Å². The van der Waals surface area contributed by atoms with E-state index in [9.17, 15) is 14.0 Å². The zero-order valence-corrected chi connectivity index (χ0v) is 16.0. The van der Waals surface area contributed by atoms with Gasteiger partial charge in [0.05, 0.1) is 6.04 Å². The van der Waals surface area contributed by atoms with E-state index in [1.54, 1.807) is 17.0 Å². The molecule has 6 heteroatoms. The van der Waals surface area contributed by atoms with E-state index in [-0.39, 0.29) is 23.7 Å². The number of hydrogen-bond donors (Lipinski definition) is 1. The van der Waals surface area contributed by atoms with Crippen LogP contribution >= 0.6 is 0 Å². The molecule has 0 unspecified atom stereocenters. The molecule has 0 aliphatic carbocycles. The van der Waals surface area contributed by atoms with Crippen molar-refractivity contribution in [1.82, 2.24) is 15.1 Å². The number of carbonyl (C=O) groups excluding carboxylic acids is 2. The molecule has 0 bridgehead atoms. The van der Waals surface area contributed by atoms with Gasteiger partial charge >= 0.3 is 0 Å².